The molecule has 1 N–H and O–H groups in total. The van der Waals surface area contributed by atoms with E-state index < -0.39 is 0 Å². The van der Waals surface area contributed by atoms with Crippen LogP contribution in [-0.2, 0) is 6.61 Å². The quantitative estimate of drug-likeness (QED) is 0.879. The summed E-state index contributed by atoms with van der Waals surface area (Å²) in [5.41, 5.74) is 0.761. The molecule has 3 nitrogen and oxygen atoms in total. The fourth-order valence-corrected chi connectivity index (χ4v) is 1.55. The number of aromatic nitrogens is 1. The molecule has 0 saturated carbocycles. The highest BCUT2D eigenvalue weighted by Gasteiger charge is 2.03. The van der Waals surface area contributed by atoms with E-state index >= 15 is 0 Å². The summed E-state index contributed by atoms with van der Waals surface area (Å²) in [6.07, 6.45) is 0. The minimum absolute atomic E-state index is 0.244. The van der Waals surface area contributed by atoms with Gasteiger partial charge < -0.3 is 10.1 Å². The van der Waals surface area contributed by atoms with E-state index in [-0.39, 0.29) is 18.2 Å². The van der Waals surface area contributed by atoms with E-state index in [2.05, 4.69) is 10.3 Å². The summed E-state index contributed by atoms with van der Waals surface area (Å²) in [5.74, 6) is 0.681. The highest BCUT2D eigenvalue weighted by molar-refractivity contribution is 5.35. The number of anilines is 1. The number of nitrogens with zero attached hydrogens (tertiary/aromatic N) is 1. The van der Waals surface area contributed by atoms with Gasteiger partial charge >= 0.3 is 0 Å². The molecule has 0 bridgehead atoms. The zero-order chi connectivity index (χ0) is 12.8. The number of rotatable bonds is 5. The van der Waals surface area contributed by atoms with Crippen LogP contribution in [0.5, 0.6) is 5.75 Å². The number of hydrogen-bond donors (Lipinski definition) is 1. The third-order valence-electron chi connectivity index (χ3n) is 2.38. The van der Waals surface area contributed by atoms with Crippen LogP contribution < -0.4 is 10.1 Å². The molecule has 1 aromatic carbocycles. The zero-order valence-corrected chi connectivity index (χ0v) is 10.2. The topological polar surface area (TPSA) is 34.1 Å². The highest BCUT2D eigenvalue weighted by Crippen LogP contribution is 2.17. The van der Waals surface area contributed by atoms with Crippen molar-refractivity contribution in [3.63, 3.8) is 0 Å². The van der Waals surface area contributed by atoms with Gasteiger partial charge in [-0.1, -0.05) is 18.2 Å². The second-order valence-electron chi connectivity index (χ2n) is 3.76. The van der Waals surface area contributed by atoms with Crippen molar-refractivity contribution < 1.29 is 9.13 Å². The van der Waals surface area contributed by atoms with Crippen LogP contribution >= 0.6 is 0 Å². The molecule has 0 aliphatic carbocycles. The molecule has 0 radical (unpaired) electrons. The van der Waals surface area contributed by atoms with Crippen LogP contribution in [0.4, 0.5) is 10.2 Å². The molecular formula is C14H15FN2O. The van der Waals surface area contributed by atoms with Gasteiger partial charge in [0.2, 0.25) is 0 Å². The van der Waals surface area contributed by atoms with Gasteiger partial charge in [-0.25, -0.2) is 9.37 Å². The summed E-state index contributed by atoms with van der Waals surface area (Å²) in [6.45, 7) is 3.06. The zero-order valence-electron chi connectivity index (χ0n) is 10.2. The van der Waals surface area contributed by atoms with Crippen molar-refractivity contribution in [2.24, 2.45) is 0 Å². The van der Waals surface area contributed by atoms with Gasteiger partial charge in [-0.3, -0.25) is 0 Å². The summed E-state index contributed by atoms with van der Waals surface area (Å²) in [5, 5.41) is 3.12. The molecule has 0 aliphatic rings. The first-order valence-corrected chi connectivity index (χ1v) is 5.86. The van der Waals surface area contributed by atoms with Crippen molar-refractivity contribution >= 4 is 5.82 Å². The van der Waals surface area contributed by atoms with E-state index in [4.69, 9.17) is 4.74 Å². The molecule has 1 aromatic heterocycles. The van der Waals surface area contributed by atoms with E-state index in [9.17, 15) is 4.39 Å². The molecule has 0 amide bonds. The SMILES string of the molecule is CCNc1cccc(COc2ccccc2F)n1. The normalized spacial score (nSPS) is 10.1. The summed E-state index contributed by atoms with van der Waals surface area (Å²) >= 11 is 0. The number of para-hydroxylation sites is 1. The lowest BCUT2D eigenvalue weighted by molar-refractivity contribution is 0.286. The average molecular weight is 246 g/mol. The van der Waals surface area contributed by atoms with Crippen molar-refractivity contribution in [1.29, 1.82) is 0 Å². The Hall–Kier alpha value is -2.10. The van der Waals surface area contributed by atoms with E-state index in [1.165, 1.54) is 6.07 Å². The number of hydrogen-bond acceptors (Lipinski definition) is 3. The van der Waals surface area contributed by atoms with Gasteiger partial charge in [0.1, 0.15) is 12.4 Å². The molecule has 0 saturated heterocycles. The lowest BCUT2D eigenvalue weighted by atomic mass is 10.3. The Bertz CT molecular complexity index is 517. The molecule has 0 fully saturated rings. The summed E-state index contributed by atoms with van der Waals surface area (Å²) in [7, 11) is 0. The Labute approximate surface area is 106 Å². The smallest absolute Gasteiger partial charge is 0.165 e. The van der Waals surface area contributed by atoms with Gasteiger partial charge in [0.25, 0.3) is 0 Å². The van der Waals surface area contributed by atoms with Crippen molar-refractivity contribution in [2.75, 3.05) is 11.9 Å². The Kier molecular flexibility index (Phi) is 4.12. The van der Waals surface area contributed by atoms with Crippen molar-refractivity contribution in [2.45, 2.75) is 13.5 Å². The van der Waals surface area contributed by atoms with Gasteiger partial charge in [0, 0.05) is 6.54 Å². The van der Waals surface area contributed by atoms with E-state index in [1.807, 2.05) is 25.1 Å². The third kappa shape index (κ3) is 3.20. The number of benzene rings is 1. The second-order valence-corrected chi connectivity index (χ2v) is 3.76. The van der Waals surface area contributed by atoms with Crippen molar-refractivity contribution in [3.8, 4) is 5.75 Å². The maximum absolute atomic E-state index is 13.3. The van der Waals surface area contributed by atoms with E-state index in [1.54, 1.807) is 18.2 Å². The molecule has 0 spiro atoms. The first-order valence-electron chi connectivity index (χ1n) is 5.86. The molecule has 0 atom stereocenters. The Morgan fingerprint density at radius 2 is 2.00 bits per heavy atom. The van der Waals surface area contributed by atoms with Crippen LogP contribution in [0.3, 0.4) is 0 Å². The van der Waals surface area contributed by atoms with Crippen LogP contribution in [0.1, 0.15) is 12.6 Å². The van der Waals surface area contributed by atoms with Crippen LogP contribution in [0.2, 0.25) is 0 Å². The van der Waals surface area contributed by atoms with E-state index in [0.717, 1.165) is 18.1 Å². The van der Waals surface area contributed by atoms with Crippen LogP contribution in [-0.4, -0.2) is 11.5 Å². The monoisotopic (exact) mass is 246 g/mol. The number of nitrogens with one attached hydrogen (secondary N) is 1. The molecule has 4 heteroatoms. The minimum atomic E-state index is -0.361. The first-order chi connectivity index (χ1) is 8.79. The average Bonchev–Trinajstić information content (AvgIpc) is 2.39. The van der Waals surface area contributed by atoms with Crippen LogP contribution in [0, 0.1) is 5.82 Å². The predicted molar refractivity (Wildman–Crippen MR) is 69.1 cm³/mol. The maximum atomic E-state index is 13.3. The number of halogens is 1. The predicted octanol–water partition coefficient (Wildman–Crippen LogP) is 3.23. The number of pyridine rings is 1. The Morgan fingerprint density at radius 3 is 2.78 bits per heavy atom. The third-order valence-corrected chi connectivity index (χ3v) is 2.38. The fraction of sp³-hybridized carbons (Fsp3) is 0.214. The lowest BCUT2D eigenvalue weighted by Crippen LogP contribution is -2.03. The Morgan fingerprint density at radius 1 is 1.17 bits per heavy atom. The van der Waals surface area contributed by atoms with Crippen molar-refractivity contribution in [1.82, 2.24) is 4.98 Å². The molecule has 1 heterocycles. The molecule has 2 rings (SSSR count). The van der Waals surface area contributed by atoms with Crippen LogP contribution in [0.25, 0.3) is 0 Å². The van der Waals surface area contributed by atoms with Gasteiger partial charge in [-0.15, -0.1) is 0 Å². The molecule has 94 valence electrons. The molecule has 2 aromatic rings. The fourth-order valence-electron chi connectivity index (χ4n) is 1.55. The van der Waals surface area contributed by atoms with Crippen LogP contribution in [0.15, 0.2) is 42.5 Å². The van der Waals surface area contributed by atoms with Gasteiger partial charge in [-0.2, -0.15) is 0 Å². The number of ether oxygens (including phenoxy) is 1. The van der Waals surface area contributed by atoms with Gasteiger partial charge in [0.05, 0.1) is 5.69 Å². The van der Waals surface area contributed by atoms with E-state index in [0.29, 0.717) is 0 Å². The maximum Gasteiger partial charge on any atom is 0.165 e. The van der Waals surface area contributed by atoms with Gasteiger partial charge in [0.15, 0.2) is 11.6 Å². The highest BCUT2D eigenvalue weighted by atomic mass is 19.1. The Balaban J connectivity index is 2.02. The molecule has 18 heavy (non-hydrogen) atoms. The lowest BCUT2D eigenvalue weighted by Gasteiger charge is -2.08. The molecule has 0 aliphatic heterocycles. The molecular weight excluding hydrogens is 231 g/mol. The minimum Gasteiger partial charge on any atom is -0.484 e. The standard InChI is InChI=1S/C14H15FN2O/c1-2-16-14-9-5-6-11(17-14)10-18-13-8-4-3-7-12(13)15/h3-9H,2,10H2,1H3,(H,16,17). The summed E-state index contributed by atoms with van der Waals surface area (Å²) < 4.78 is 18.7. The second kappa shape index (κ2) is 6.00. The largest absolute Gasteiger partial charge is 0.484 e. The first kappa shape index (κ1) is 12.4. The molecule has 0 unspecified atom stereocenters. The van der Waals surface area contributed by atoms with Gasteiger partial charge in [-0.05, 0) is 31.2 Å². The van der Waals surface area contributed by atoms with Crippen molar-refractivity contribution in [3.05, 3.63) is 54.0 Å². The summed E-state index contributed by atoms with van der Waals surface area (Å²) in [4.78, 5) is 4.35. The summed E-state index contributed by atoms with van der Waals surface area (Å²) in [6, 6.07) is 12.0.